The lowest BCUT2D eigenvalue weighted by Crippen LogP contribution is -2.17. The van der Waals surface area contributed by atoms with Gasteiger partial charge in [-0.2, -0.15) is 4.37 Å². The number of hydrogen-bond donors (Lipinski definition) is 0. The molecule has 1 saturated carbocycles. The number of rotatable bonds is 4. The van der Waals surface area contributed by atoms with Crippen molar-refractivity contribution >= 4 is 11.7 Å². The fourth-order valence-corrected chi connectivity index (χ4v) is 5.06. The standard InChI is InChI=1S/C18H17N3O2S/c1-22-13-6-2-4-12(8-13)5-3-7-23-17-16(19-24-20-17)18-11-21-9-14(18)15(18)10-21/h2,4,6,8,14-15H,7,9-11H2,1H3. The summed E-state index contributed by atoms with van der Waals surface area (Å²) in [6.07, 6.45) is 0. The Morgan fingerprint density at radius 3 is 2.96 bits per heavy atom. The summed E-state index contributed by atoms with van der Waals surface area (Å²) in [5.41, 5.74) is 2.23. The van der Waals surface area contributed by atoms with Gasteiger partial charge in [-0.25, -0.2) is 0 Å². The van der Waals surface area contributed by atoms with Gasteiger partial charge in [0.25, 0.3) is 5.88 Å². The summed E-state index contributed by atoms with van der Waals surface area (Å²) in [4.78, 5) is 2.53. The molecule has 1 aliphatic carbocycles. The second-order valence-corrected chi connectivity index (χ2v) is 7.22. The van der Waals surface area contributed by atoms with E-state index in [0.29, 0.717) is 12.5 Å². The molecule has 1 aromatic heterocycles. The van der Waals surface area contributed by atoms with Crippen LogP contribution in [0, 0.1) is 23.7 Å². The normalized spacial score (nSPS) is 31.5. The van der Waals surface area contributed by atoms with Crippen molar-refractivity contribution in [2.24, 2.45) is 11.8 Å². The Labute approximate surface area is 144 Å². The fourth-order valence-electron chi connectivity index (χ4n) is 4.48. The van der Waals surface area contributed by atoms with E-state index < -0.39 is 0 Å². The Kier molecular flexibility index (Phi) is 3.09. The molecule has 24 heavy (non-hydrogen) atoms. The average Bonchev–Trinajstić information content (AvgIpc) is 3.20. The summed E-state index contributed by atoms with van der Waals surface area (Å²) < 4.78 is 20.0. The predicted molar refractivity (Wildman–Crippen MR) is 90.4 cm³/mol. The zero-order chi connectivity index (χ0) is 16.1. The highest BCUT2D eigenvalue weighted by molar-refractivity contribution is 6.99. The summed E-state index contributed by atoms with van der Waals surface area (Å²) >= 11 is 1.25. The molecule has 3 saturated heterocycles. The second-order valence-electron chi connectivity index (χ2n) is 6.69. The Morgan fingerprint density at radius 1 is 1.33 bits per heavy atom. The van der Waals surface area contributed by atoms with E-state index in [-0.39, 0.29) is 5.41 Å². The van der Waals surface area contributed by atoms with E-state index >= 15 is 0 Å². The van der Waals surface area contributed by atoms with Gasteiger partial charge in [0.05, 0.1) is 18.8 Å². The molecule has 2 unspecified atom stereocenters. The molecule has 4 fully saturated rings. The molecule has 0 amide bonds. The largest absolute Gasteiger partial charge is 0.497 e. The molecule has 0 spiro atoms. The molecule has 2 aromatic rings. The molecular formula is C18H17N3O2S. The van der Waals surface area contributed by atoms with Crippen molar-refractivity contribution in [2.45, 2.75) is 5.41 Å². The van der Waals surface area contributed by atoms with Crippen molar-refractivity contribution in [1.82, 2.24) is 13.6 Å². The van der Waals surface area contributed by atoms with Gasteiger partial charge in [0.1, 0.15) is 11.4 Å². The van der Waals surface area contributed by atoms with Crippen LogP contribution in [0.25, 0.3) is 0 Å². The van der Waals surface area contributed by atoms with Crippen LogP contribution in [0.2, 0.25) is 0 Å². The van der Waals surface area contributed by atoms with E-state index in [4.69, 9.17) is 9.47 Å². The third-order valence-electron chi connectivity index (χ3n) is 5.58. The first kappa shape index (κ1) is 14.3. The number of hydrogen-bond acceptors (Lipinski definition) is 6. The van der Waals surface area contributed by atoms with Crippen LogP contribution in [0.15, 0.2) is 24.3 Å². The molecule has 4 heterocycles. The quantitative estimate of drug-likeness (QED) is 0.795. The molecule has 6 rings (SSSR count). The van der Waals surface area contributed by atoms with Gasteiger partial charge >= 0.3 is 0 Å². The summed E-state index contributed by atoms with van der Waals surface area (Å²) in [6.45, 7) is 3.89. The minimum atomic E-state index is 0.239. The first-order chi connectivity index (χ1) is 11.8. The monoisotopic (exact) mass is 339 g/mol. The maximum absolute atomic E-state index is 5.84. The SMILES string of the molecule is COc1cccc(C#CCOc2nsnc2C23CN4CC2C3C4)c1. The van der Waals surface area contributed by atoms with E-state index in [1.165, 1.54) is 24.8 Å². The number of methoxy groups -OCH3 is 1. The molecule has 0 N–H and O–H groups in total. The van der Waals surface area contributed by atoms with E-state index in [0.717, 1.165) is 35.4 Å². The summed E-state index contributed by atoms with van der Waals surface area (Å²) in [7, 11) is 1.65. The first-order valence-electron chi connectivity index (χ1n) is 8.12. The molecule has 0 radical (unpaired) electrons. The number of ether oxygens (including phenoxy) is 2. The van der Waals surface area contributed by atoms with Gasteiger partial charge in [0.2, 0.25) is 0 Å². The van der Waals surface area contributed by atoms with Gasteiger partial charge < -0.3 is 14.4 Å². The van der Waals surface area contributed by atoms with Gasteiger partial charge in [0, 0.05) is 30.6 Å². The summed E-state index contributed by atoms with van der Waals surface area (Å²) in [5, 5.41) is 0. The molecule has 3 aliphatic heterocycles. The van der Waals surface area contributed by atoms with Crippen molar-refractivity contribution in [3.63, 3.8) is 0 Å². The molecule has 5 nitrogen and oxygen atoms in total. The van der Waals surface area contributed by atoms with Crippen molar-refractivity contribution in [3.05, 3.63) is 35.5 Å². The topological polar surface area (TPSA) is 47.5 Å². The third kappa shape index (κ3) is 1.98. The van der Waals surface area contributed by atoms with Gasteiger partial charge in [-0.3, -0.25) is 0 Å². The molecule has 4 aliphatic rings. The van der Waals surface area contributed by atoms with Crippen LogP contribution in [0.5, 0.6) is 11.6 Å². The van der Waals surface area contributed by atoms with Crippen molar-refractivity contribution in [1.29, 1.82) is 0 Å². The average molecular weight is 339 g/mol. The maximum Gasteiger partial charge on any atom is 0.250 e. The predicted octanol–water partition coefficient (Wildman–Crippen LogP) is 1.79. The lowest BCUT2D eigenvalue weighted by Gasteiger charge is -2.09. The molecule has 2 atom stereocenters. The van der Waals surface area contributed by atoms with Gasteiger partial charge in [-0.15, -0.1) is 4.37 Å². The van der Waals surface area contributed by atoms with E-state index in [2.05, 4.69) is 25.5 Å². The van der Waals surface area contributed by atoms with E-state index in [1.54, 1.807) is 7.11 Å². The van der Waals surface area contributed by atoms with Crippen LogP contribution < -0.4 is 9.47 Å². The number of nitrogens with zero attached hydrogens (tertiary/aromatic N) is 3. The zero-order valence-corrected chi connectivity index (χ0v) is 14.2. The highest BCUT2D eigenvalue weighted by atomic mass is 32.1. The third-order valence-corrected chi connectivity index (χ3v) is 6.09. The first-order valence-corrected chi connectivity index (χ1v) is 8.85. The van der Waals surface area contributed by atoms with E-state index in [9.17, 15) is 0 Å². The number of aromatic nitrogens is 2. The maximum atomic E-state index is 5.84. The number of piperidine rings is 3. The summed E-state index contributed by atoms with van der Waals surface area (Å²) in [5.74, 6) is 9.19. The molecule has 6 heteroatoms. The van der Waals surface area contributed by atoms with Crippen molar-refractivity contribution < 1.29 is 9.47 Å². The Balaban J connectivity index is 1.28. The second kappa shape index (κ2) is 5.20. The van der Waals surface area contributed by atoms with Crippen LogP contribution in [0.3, 0.4) is 0 Å². The van der Waals surface area contributed by atoms with Crippen LogP contribution in [-0.4, -0.2) is 47.0 Å². The smallest absolute Gasteiger partial charge is 0.250 e. The highest BCUT2D eigenvalue weighted by Crippen LogP contribution is 2.70. The van der Waals surface area contributed by atoms with Crippen LogP contribution in [0.1, 0.15) is 11.3 Å². The lowest BCUT2D eigenvalue weighted by atomic mass is 10.0. The van der Waals surface area contributed by atoms with Crippen molar-refractivity contribution in [3.8, 4) is 23.5 Å². The highest BCUT2D eigenvalue weighted by Gasteiger charge is 2.76. The summed E-state index contributed by atoms with van der Waals surface area (Å²) in [6, 6.07) is 7.71. The van der Waals surface area contributed by atoms with Gasteiger partial charge in [0.15, 0.2) is 6.61 Å². The minimum absolute atomic E-state index is 0.239. The molecule has 1 aromatic carbocycles. The Hall–Kier alpha value is -2.10. The lowest BCUT2D eigenvalue weighted by molar-refractivity contribution is 0.348. The van der Waals surface area contributed by atoms with E-state index in [1.807, 2.05) is 24.3 Å². The zero-order valence-electron chi connectivity index (χ0n) is 13.4. The van der Waals surface area contributed by atoms with Crippen LogP contribution >= 0.6 is 11.7 Å². The minimum Gasteiger partial charge on any atom is -0.497 e. The van der Waals surface area contributed by atoms with Crippen molar-refractivity contribution in [2.75, 3.05) is 33.4 Å². The Morgan fingerprint density at radius 2 is 2.21 bits per heavy atom. The Bertz CT molecular complexity index is 841. The van der Waals surface area contributed by atoms with Gasteiger partial charge in [-0.1, -0.05) is 17.9 Å². The van der Waals surface area contributed by atoms with Crippen LogP contribution in [-0.2, 0) is 5.41 Å². The molecule has 4 bridgehead atoms. The van der Waals surface area contributed by atoms with Crippen LogP contribution in [0.4, 0.5) is 0 Å². The van der Waals surface area contributed by atoms with Gasteiger partial charge in [-0.05, 0) is 30.0 Å². The fraction of sp³-hybridized carbons (Fsp3) is 0.444. The molecule has 122 valence electrons. The molecular weight excluding hydrogens is 322 g/mol. The number of benzene rings is 1.